The van der Waals surface area contributed by atoms with Gasteiger partial charge in [0.15, 0.2) is 0 Å². The van der Waals surface area contributed by atoms with Crippen LogP contribution in [-0.2, 0) is 4.79 Å². The van der Waals surface area contributed by atoms with Crippen LogP contribution in [0.15, 0.2) is 0 Å². The number of halogens is 3. The first-order valence-corrected chi connectivity index (χ1v) is 3.54. The first kappa shape index (κ1) is 9.34. The molecule has 1 unspecified atom stereocenters. The monoisotopic (exact) mass is 189 g/mol. The van der Waals surface area contributed by atoms with Crippen molar-refractivity contribution < 1.29 is 4.79 Å². The van der Waals surface area contributed by atoms with Crippen molar-refractivity contribution in [3.8, 4) is 0 Å². The van der Waals surface area contributed by atoms with Crippen molar-refractivity contribution in [2.75, 3.05) is 0 Å². The van der Waals surface area contributed by atoms with Gasteiger partial charge in [0.05, 0.1) is 0 Å². The molecule has 0 saturated carbocycles. The molecular formula is C4H6Cl3NO. The maximum absolute atomic E-state index is 10.2. The fourth-order valence-electron chi connectivity index (χ4n) is 0.257. The fourth-order valence-corrected chi connectivity index (χ4v) is 0.537. The topological polar surface area (TPSA) is 29.1 Å². The van der Waals surface area contributed by atoms with Crippen LogP contribution in [0.1, 0.15) is 6.92 Å². The lowest BCUT2D eigenvalue weighted by molar-refractivity contribution is -0.119. The summed E-state index contributed by atoms with van der Waals surface area (Å²) in [6.07, 6.45) is 0. The van der Waals surface area contributed by atoms with E-state index < -0.39 is 10.3 Å². The molecular weight excluding hydrogens is 184 g/mol. The van der Waals surface area contributed by atoms with Gasteiger partial charge in [-0.05, 0) is 0 Å². The highest BCUT2D eigenvalue weighted by Crippen LogP contribution is 2.10. The van der Waals surface area contributed by atoms with Gasteiger partial charge in [-0.2, -0.15) is 0 Å². The Kier molecular flexibility index (Phi) is 4.36. The van der Waals surface area contributed by atoms with E-state index in [0.717, 1.165) is 0 Å². The van der Waals surface area contributed by atoms with Gasteiger partial charge in [-0.15, -0.1) is 23.2 Å². The van der Waals surface area contributed by atoms with E-state index in [4.69, 9.17) is 34.8 Å². The Morgan fingerprint density at radius 3 is 2.00 bits per heavy atom. The number of carbonyl (C=O) groups is 1. The zero-order valence-corrected chi connectivity index (χ0v) is 6.96. The van der Waals surface area contributed by atoms with Crippen molar-refractivity contribution in [2.24, 2.45) is 0 Å². The minimum atomic E-state index is -0.768. The maximum atomic E-state index is 10.2. The SMILES string of the molecule is CC(=O)NC(Cl)C(Cl)Cl. The van der Waals surface area contributed by atoms with Gasteiger partial charge in [0, 0.05) is 6.92 Å². The molecule has 1 amide bonds. The van der Waals surface area contributed by atoms with Crippen molar-refractivity contribution in [1.82, 2.24) is 5.32 Å². The first-order chi connectivity index (χ1) is 4.04. The summed E-state index contributed by atoms with van der Waals surface area (Å²) < 4.78 is 0. The summed E-state index contributed by atoms with van der Waals surface area (Å²) in [6.45, 7) is 1.34. The Balaban J connectivity index is 3.50. The fraction of sp³-hybridized carbons (Fsp3) is 0.750. The number of amides is 1. The summed E-state index contributed by atoms with van der Waals surface area (Å²) in [6, 6.07) is 0. The second-order valence-electron chi connectivity index (χ2n) is 1.44. The van der Waals surface area contributed by atoms with Gasteiger partial charge < -0.3 is 5.32 Å². The Morgan fingerprint density at radius 2 is 1.89 bits per heavy atom. The summed E-state index contributed by atoms with van der Waals surface area (Å²) in [5.41, 5.74) is -0.703. The zero-order chi connectivity index (χ0) is 7.44. The van der Waals surface area contributed by atoms with Crippen LogP contribution in [0.2, 0.25) is 0 Å². The van der Waals surface area contributed by atoms with Crippen LogP contribution in [-0.4, -0.2) is 16.2 Å². The minimum Gasteiger partial charge on any atom is -0.338 e. The van der Waals surface area contributed by atoms with Crippen molar-refractivity contribution in [3.63, 3.8) is 0 Å². The smallest absolute Gasteiger partial charge is 0.218 e. The van der Waals surface area contributed by atoms with E-state index in [9.17, 15) is 4.79 Å². The number of rotatable bonds is 2. The molecule has 0 aliphatic carbocycles. The lowest BCUT2D eigenvalue weighted by atomic mass is 10.6. The molecule has 0 bridgehead atoms. The summed E-state index contributed by atoms with van der Waals surface area (Å²) in [5.74, 6) is -0.249. The summed E-state index contributed by atoms with van der Waals surface area (Å²) in [7, 11) is 0. The van der Waals surface area contributed by atoms with Crippen molar-refractivity contribution in [3.05, 3.63) is 0 Å². The highest BCUT2D eigenvalue weighted by Gasteiger charge is 2.13. The minimum absolute atomic E-state index is 0.249. The van der Waals surface area contributed by atoms with Crippen LogP contribution in [0, 0.1) is 0 Å². The molecule has 5 heteroatoms. The third-order valence-electron chi connectivity index (χ3n) is 0.562. The van der Waals surface area contributed by atoms with E-state index >= 15 is 0 Å². The summed E-state index contributed by atoms with van der Waals surface area (Å²) >= 11 is 16.0. The Hall–Kier alpha value is 0.340. The third kappa shape index (κ3) is 4.82. The number of nitrogens with one attached hydrogen (secondary N) is 1. The highest BCUT2D eigenvalue weighted by atomic mass is 35.5. The molecule has 2 nitrogen and oxygen atoms in total. The molecule has 0 radical (unpaired) electrons. The normalized spacial score (nSPS) is 13.4. The van der Waals surface area contributed by atoms with E-state index in [1.54, 1.807) is 0 Å². The Labute approximate surface area is 68.5 Å². The maximum Gasteiger partial charge on any atom is 0.218 e. The largest absolute Gasteiger partial charge is 0.338 e. The second kappa shape index (κ2) is 4.20. The molecule has 54 valence electrons. The zero-order valence-electron chi connectivity index (χ0n) is 4.70. The van der Waals surface area contributed by atoms with Crippen molar-refractivity contribution in [1.29, 1.82) is 0 Å². The lowest BCUT2D eigenvalue weighted by Crippen LogP contribution is -2.32. The van der Waals surface area contributed by atoms with E-state index in [0.29, 0.717) is 0 Å². The predicted molar refractivity (Wildman–Crippen MR) is 39.0 cm³/mol. The van der Waals surface area contributed by atoms with Crippen LogP contribution in [0.3, 0.4) is 0 Å². The molecule has 0 rings (SSSR count). The van der Waals surface area contributed by atoms with Gasteiger partial charge >= 0.3 is 0 Å². The van der Waals surface area contributed by atoms with Crippen molar-refractivity contribution in [2.45, 2.75) is 17.3 Å². The van der Waals surface area contributed by atoms with Crippen LogP contribution in [0.25, 0.3) is 0 Å². The van der Waals surface area contributed by atoms with Gasteiger partial charge in [-0.1, -0.05) is 11.6 Å². The second-order valence-corrected chi connectivity index (χ2v) is 3.07. The molecule has 0 heterocycles. The summed E-state index contributed by atoms with van der Waals surface area (Å²) in [5, 5.41) is 2.30. The highest BCUT2D eigenvalue weighted by molar-refractivity contribution is 6.48. The van der Waals surface area contributed by atoms with Gasteiger partial charge in [-0.25, -0.2) is 0 Å². The number of hydrogen-bond donors (Lipinski definition) is 1. The number of alkyl halides is 3. The van der Waals surface area contributed by atoms with Crippen LogP contribution < -0.4 is 5.32 Å². The average Bonchev–Trinajstić information content (AvgIpc) is 1.63. The molecule has 0 aliphatic heterocycles. The van der Waals surface area contributed by atoms with Gasteiger partial charge in [0.25, 0.3) is 0 Å². The van der Waals surface area contributed by atoms with Gasteiger partial charge in [0.1, 0.15) is 10.3 Å². The van der Waals surface area contributed by atoms with Gasteiger partial charge in [0.2, 0.25) is 5.91 Å². The molecule has 0 spiro atoms. The summed E-state index contributed by atoms with van der Waals surface area (Å²) in [4.78, 5) is 9.48. The molecule has 0 saturated heterocycles. The van der Waals surface area contributed by atoms with Crippen LogP contribution >= 0.6 is 34.8 Å². The molecule has 1 atom stereocenters. The van der Waals surface area contributed by atoms with E-state index in [-0.39, 0.29) is 5.91 Å². The Bertz CT molecular complexity index is 106. The van der Waals surface area contributed by atoms with Crippen LogP contribution in [0.4, 0.5) is 0 Å². The standard InChI is InChI=1S/C4H6Cl3NO/c1-2(9)8-4(7)3(5)6/h3-4H,1H3,(H,8,9). The number of hydrogen-bond acceptors (Lipinski definition) is 1. The van der Waals surface area contributed by atoms with E-state index in [1.807, 2.05) is 0 Å². The molecule has 0 aromatic carbocycles. The van der Waals surface area contributed by atoms with E-state index in [1.165, 1.54) is 6.92 Å². The van der Waals surface area contributed by atoms with Gasteiger partial charge in [-0.3, -0.25) is 4.79 Å². The number of carbonyl (C=O) groups excluding carboxylic acids is 1. The van der Waals surface area contributed by atoms with Crippen molar-refractivity contribution >= 4 is 40.7 Å². The molecule has 0 aliphatic rings. The predicted octanol–water partition coefficient (Wildman–Crippen LogP) is 1.49. The lowest BCUT2D eigenvalue weighted by Gasteiger charge is -2.09. The molecule has 1 N–H and O–H groups in total. The third-order valence-corrected chi connectivity index (χ3v) is 1.69. The average molecular weight is 190 g/mol. The molecule has 0 aromatic rings. The molecule has 9 heavy (non-hydrogen) atoms. The molecule has 0 aromatic heterocycles. The van der Waals surface area contributed by atoms with E-state index in [2.05, 4.69) is 5.32 Å². The molecule has 0 fully saturated rings. The first-order valence-electron chi connectivity index (χ1n) is 2.23. The quantitative estimate of drug-likeness (QED) is 0.519. The van der Waals surface area contributed by atoms with Crippen LogP contribution in [0.5, 0.6) is 0 Å². The Morgan fingerprint density at radius 1 is 1.44 bits per heavy atom.